The number of aromatic nitrogens is 1. The monoisotopic (exact) mass is 477 g/mol. The van der Waals surface area contributed by atoms with Crippen LogP contribution in [0.5, 0.6) is 5.75 Å². The Morgan fingerprint density at radius 1 is 1.09 bits per heavy atom. The van der Waals surface area contributed by atoms with Gasteiger partial charge in [0.05, 0.1) is 23.9 Å². The molecule has 1 saturated carbocycles. The number of hydrogen-bond donors (Lipinski definition) is 2. The molecule has 1 heterocycles. The van der Waals surface area contributed by atoms with Crippen molar-refractivity contribution in [3.05, 3.63) is 53.6 Å². The molecular weight excluding hydrogens is 442 g/mol. The third-order valence-corrected chi connectivity index (χ3v) is 6.91. The highest BCUT2D eigenvalue weighted by Crippen LogP contribution is 2.44. The summed E-state index contributed by atoms with van der Waals surface area (Å²) in [4.78, 5) is 26.9. The van der Waals surface area contributed by atoms with E-state index in [0.29, 0.717) is 12.5 Å². The number of amides is 1. The van der Waals surface area contributed by atoms with Crippen LogP contribution in [-0.4, -0.2) is 60.7 Å². The van der Waals surface area contributed by atoms with Crippen LogP contribution in [0.3, 0.4) is 0 Å². The third-order valence-electron chi connectivity index (χ3n) is 6.91. The molecule has 0 radical (unpaired) electrons. The van der Waals surface area contributed by atoms with Crippen LogP contribution in [-0.2, 0) is 11.3 Å². The number of hydrogen-bond acceptors (Lipinski definition) is 4. The Bertz CT molecular complexity index is 1190. The number of nitrogens with zero attached hydrogens (tertiary/aromatic N) is 2. The smallest absolute Gasteiger partial charge is 0.335 e. The molecule has 0 unspecified atom stereocenters. The van der Waals surface area contributed by atoms with E-state index in [1.54, 1.807) is 19.2 Å². The molecule has 1 amide bonds. The Kier molecular flexibility index (Phi) is 7.76. The predicted octanol–water partition coefficient (Wildman–Crippen LogP) is 4.74. The zero-order valence-corrected chi connectivity index (χ0v) is 20.8. The van der Waals surface area contributed by atoms with Crippen LogP contribution >= 0.6 is 0 Å². The Balaban J connectivity index is 1.88. The van der Waals surface area contributed by atoms with E-state index in [1.807, 2.05) is 53.9 Å². The fourth-order valence-electron chi connectivity index (χ4n) is 5.16. The average molecular weight is 478 g/mol. The van der Waals surface area contributed by atoms with Crippen LogP contribution in [0.2, 0.25) is 0 Å². The standard InChI is InChI=1S/C28H35N3O4/c1-30(2)16-15-29-25(32)18-31-24-17-21(28(33)34)11-14-23(24)26(19-7-5-4-6-8-19)27(31)20-9-12-22(35-3)13-10-20/h9-14,17,19H,4-8,15-16,18H2,1-3H3,(H,29,32)(H,33,34). The summed E-state index contributed by atoms with van der Waals surface area (Å²) in [7, 11) is 5.58. The Hall–Kier alpha value is -3.32. The minimum atomic E-state index is -0.972. The molecule has 1 aromatic heterocycles. The van der Waals surface area contributed by atoms with Gasteiger partial charge in [0.2, 0.25) is 5.91 Å². The largest absolute Gasteiger partial charge is 0.497 e. The van der Waals surface area contributed by atoms with Crippen molar-refractivity contribution in [2.45, 2.75) is 44.6 Å². The molecule has 0 saturated heterocycles. The van der Waals surface area contributed by atoms with Crippen LogP contribution in [0.1, 0.15) is 53.9 Å². The number of benzene rings is 2. The highest BCUT2D eigenvalue weighted by atomic mass is 16.5. The van der Waals surface area contributed by atoms with E-state index in [1.165, 1.54) is 24.8 Å². The molecule has 35 heavy (non-hydrogen) atoms. The number of carbonyl (C=O) groups excluding carboxylic acids is 1. The molecule has 7 heteroatoms. The van der Waals surface area contributed by atoms with Crippen LogP contribution in [0.15, 0.2) is 42.5 Å². The second kappa shape index (κ2) is 11.0. The van der Waals surface area contributed by atoms with E-state index in [9.17, 15) is 14.7 Å². The van der Waals surface area contributed by atoms with Crippen molar-refractivity contribution in [2.75, 3.05) is 34.3 Å². The Labute approximate surface area is 206 Å². The topological polar surface area (TPSA) is 83.8 Å². The molecule has 4 rings (SSSR count). The zero-order chi connectivity index (χ0) is 24.9. The van der Waals surface area contributed by atoms with Gasteiger partial charge in [-0.15, -0.1) is 0 Å². The molecule has 0 bridgehead atoms. The number of carboxylic acid groups (broad SMARTS) is 1. The summed E-state index contributed by atoms with van der Waals surface area (Å²) in [5, 5.41) is 13.7. The lowest BCUT2D eigenvalue weighted by molar-refractivity contribution is -0.121. The fourth-order valence-corrected chi connectivity index (χ4v) is 5.16. The van der Waals surface area contributed by atoms with Crippen LogP contribution in [0.25, 0.3) is 22.2 Å². The minimum Gasteiger partial charge on any atom is -0.497 e. The molecule has 0 spiro atoms. The van der Waals surface area contributed by atoms with Crippen molar-refractivity contribution in [3.63, 3.8) is 0 Å². The molecule has 1 fully saturated rings. The van der Waals surface area contributed by atoms with Gasteiger partial charge in [0, 0.05) is 18.5 Å². The normalized spacial score (nSPS) is 14.4. The van der Waals surface area contributed by atoms with Gasteiger partial charge in [-0.25, -0.2) is 4.79 Å². The summed E-state index contributed by atoms with van der Waals surface area (Å²) in [5.74, 6) is 0.0806. The van der Waals surface area contributed by atoms with Gasteiger partial charge in [0.1, 0.15) is 12.3 Å². The lowest BCUT2D eigenvalue weighted by Crippen LogP contribution is -2.33. The zero-order valence-electron chi connectivity index (χ0n) is 20.8. The number of carbonyl (C=O) groups is 2. The van der Waals surface area contributed by atoms with E-state index < -0.39 is 5.97 Å². The molecule has 0 atom stereocenters. The average Bonchev–Trinajstić information content (AvgIpc) is 3.17. The van der Waals surface area contributed by atoms with Crippen molar-refractivity contribution in [1.82, 2.24) is 14.8 Å². The number of fused-ring (bicyclic) bond motifs is 1. The highest BCUT2D eigenvalue weighted by Gasteiger charge is 2.27. The molecule has 0 aliphatic heterocycles. The van der Waals surface area contributed by atoms with Gasteiger partial charge in [0.15, 0.2) is 0 Å². The molecule has 7 nitrogen and oxygen atoms in total. The summed E-state index contributed by atoms with van der Waals surface area (Å²) in [6.07, 6.45) is 5.79. The number of methoxy groups -OCH3 is 1. The number of nitrogens with one attached hydrogen (secondary N) is 1. The number of ether oxygens (including phenoxy) is 1. The number of carboxylic acids is 1. The number of rotatable bonds is 9. The summed E-state index contributed by atoms with van der Waals surface area (Å²) in [6, 6.07) is 13.2. The third kappa shape index (κ3) is 5.51. The summed E-state index contributed by atoms with van der Waals surface area (Å²) in [6.45, 7) is 1.43. The maximum absolute atomic E-state index is 13.0. The van der Waals surface area contributed by atoms with Crippen molar-refractivity contribution >= 4 is 22.8 Å². The number of aromatic carboxylic acids is 1. The number of likely N-dealkylation sites (N-methyl/N-ethyl adjacent to an activating group) is 1. The van der Waals surface area contributed by atoms with Crippen molar-refractivity contribution < 1.29 is 19.4 Å². The van der Waals surface area contributed by atoms with E-state index in [-0.39, 0.29) is 18.0 Å². The van der Waals surface area contributed by atoms with Gasteiger partial charge < -0.3 is 24.6 Å². The van der Waals surface area contributed by atoms with Crippen LogP contribution in [0.4, 0.5) is 0 Å². The van der Waals surface area contributed by atoms with Crippen LogP contribution < -0.4 is 10.1 Å². The highest BCUT2D eigenvalue weighted by molar-refractivity contribution is 5.99. The molecule has 3 aromatic rings. The van der Waals surface area contributed by atoms with Gasteiger partial charge in [-0.2, -0.15) is 0 Å². The summed E-state index contributed by atoms with van der Waals surface area (Å²) < 4.78 is 7.38. The lowest BCUT2D eigenvalue weighted by Gasteiger charge is -2.24. The SMILES string of the molecule is COc1ccc(-c2c(C3CCCCC3)c3ccc(C(=O)O)cc3n2CC(=O)NCCN(C)C)cc1. The summed E-state index contributed by atoms with van der Waals surface area (Å²) >= 11 is 0. The molecular formula is C28H35N3O4. The van der Waals surface area contributed by atoms with Crippen molar-refractivity contribution in [1.29, 1.82) is 0 Å². The predicted molar refractivity (Wildman–Crippen MR) is 138 cm³/mol. The summed E-state index contributed by atoms with van der Waals surface area (Å²) in [5.41, 5.74) is 4.24. The second-order valence-corrected chi connectivity index (χ2v) is 9.60. The van der Waals surface area contributed by atoms with Gasteiger partial charge in [-0.1, -0.05) is 25.3 Å². The minimum absolute atomic E-state index is 0.0885. The first-order chi connectivity index (χ1) is 16.9. The van der Waals surface area contributed by atoms with E-state index in [0.717, 1.165) is 47.3 Å². The van der Waals surface area contributed by atoms with Gasteiger partial charge >= 0.3 is 5.97 Å². The van der Waals surface area contributed by atoms with Crippen molar-refractivity contribution in [3.8, 4) is 17.0 Å². The first kappa shape index (κ1) is 24.8. The maximum Gasteiger partial charge on any atom is 0.335 e. The Morgan fingerprint density at radius 2 is 1.80 bits per heavy atom. The van der Waals surface area contributed by atoms with Gasteiger partial charge in [-0.05, 0) is 80.4 Å². The fraction of sp³-hybridized carbons (Fsp3) is 0.429. The molecule has 186 valence electrons. The Morgan fingerprint density at radius 3 is 2.43 bits per heavy atom. The molecule has 2 N–H and O–H groups in total. The van der Waals surface area contributed by atoms with E-state index >= 15 is 0 Å². The quantitative estimate of drug-likeness (QED) is 0.465. The van der Waals surface area contributed by atoms with Crippen molar-refractivity contribution in [2.24, 2.45) is 0 Å². The van der Waals surface area contributed by atoms with E-state index in [2.05, 4.69) is 5.32 Å². The van der Waals surface area contributed by atoms with E-state index in [4.69, 9.17) is 4.74 Å². The maximum atomic E-state index is 13.0. The van der Waals surface area contributed by atoms with Crippen LogP contribution in [0, 0.1) is 0 Å². The molecule has 1 aliphatic carbocycles. The van der Waals surface area contributed by atoms with Gasteiger partial charge in [0.25, 0.3) is 0 Å². The molecule has 2 aromatic carbocycles. The second-order valence-electron chi connectivity index (χ2n) is 9.60. The molecule has 1 aliphatic rings. The lowest BCUT2D eigenvalue weighted by atomic mass is 9.82. The first-order valence-electron chi connectivity index (χ1n) is 12.3. The first-order valence-corrected chi connectivity index (χ1v) is 12.3. The van der Waals surface area contributed by atoms with Gasteiger partial charge in [-0.3, -0.25) is 4.79 Å².